The number of azo groups is 1. The molecule has 0 aromatic heterocycles. The van der Waals surface area contributed by atoms with Crippen molar-refractivity contribution in [2.45, 2.75) is 20.3 Å². The van der Waals surface area contributed by atoms with Gasteiger partial charge in [0.15, 0.2) is 0 Å². The second kappa shape index (κ2) is 6.75. The lowest BCUT2D eigenvalue weighted by Gasteiger charge is -2.14. The van der Waals surface area contributed by atoms with Crippen LogP contribution in [0.3, 0.4) is 0 Å². The van der Waals surface area contributed by atoms with Crippen LogP contribution < -0.4 is 5.23 Å². The first-order chi connectivity index (χ1) is 11.7. The van der Waals surface area contributed by atoms with E-state index in [0.717, 1.165) is 28.6 Å². The zero-order valence-corrected chi connectivity index (χ0v) is 13.7. The highest BCUT2D eigenvalue weighted by Crippen LogP contribution is 2.42. The summed E-state index contributed by atoms with van der Waals surface area (Å²) < 4.78 is 0. The number of hydrogen-bond acceptors (Lipinski definition) is 4. The summed E-state index contributed by atoms with van der Waals surface area (Å²) in [4.78, 5) is 0. The van der Waals surface area contributed by atoms with Crippen LogP contribution in [0.25, 0.3) is 10.8 Å². The molecule has 0 spiro atoms. The number of benzene rings is 3. The summed E-state index contributed by atoms with van der Waals surface area (Å²) in [5.41, 5.74) is 3.85. The smallest absolute Gasteiger partial charge is 0.222 e. The monoisotopic (exact) mass is 315 g/mol. The lowest BCUT2D eigenvalue weighted by Crippen LogP contribution is -1.94. The fraction of sp³-hybridized carbons (Fsp3) is 0.158. The van der Waals surface area contributed by atoms with Gasteiger partial charge in [-0.25, -0.2) is 0 Å². The maximum absolute atomic E-state index is 10.8. The van der Waals surface area contributed by atoms with Crippen LogP contribution in [-0.4, -0.2) is 13.1 Å². The Hall–Kier alpha value is -2.82. The Kier molecular flexibility index (Phi) is 4.51. The Labute approximate surface area is 142 Å². The highest BCUT2D eigenvalue weighted by atomic mass is 16.3. The fourth-order valence-corrected chi connectivity index (χ4v) is 2.90. The summed E-state index contributed by atoms with van der Waals surface area (Å²) in [6, 6.07) is 15.3. The van der Waals surface area contributed by atoms with E-state index in [9.17, 15) is 5.11 Å². The number of aromatic hydroxyl groups is 1. The van der Waals surface area contributed by atoms with Gasteiger partial charge in [0.05, 0.1) is 11.1 Å². The van der Waals surface area contributed by atoms with Crippen molar-refractivity contribution < 1.29 is 5.11 Å². The van der Waals surface area contributed by atoms with E-state index < -0.39 is 0 Å². The number of phenols is 1. The molecule has 0 aliphatic heterocycles. The minimum absolute atomic E-state index is 0.242. The average Bonchev–Trinajstić information content (AvgIpc) is 2.60. The van der Waals surface area contributed by atoms with Crippen molar-refractivity contribution in [1.29, 1.82) is 0 Å². The molecule has 0 amide bonds. The van der Waals surface area contributed by atoms with E-state index in [-0.39, 0.29) is 5.75 Å². The first-order valence-corrected chi connectivity index (χ1v) is 7.87. The number of nitrogens with one attached hydrogen (secondary N) is 1. The van der Waals surface area contributed by atoms with Crippen LogP contribution in [0.2, 0.25) is 0 Å². The van der Waals surface area contributed by atoms with Crippen LogP contribution in [0.15, 0.2) is 58.8 Å². The van der Waals surface area contributed by atoms with Crippen LogP contribution in [0, 0.1) is 6.92 Å². The molecule has 0 fully saturated rings. The Balaban J connectivity index is 2.26. The summed E-state index contributed by atoms with van der Waals surface area (Å²) >= 11 is 0. The third kappa shape index (κ3) is 2.85. The van der Waals surface area contributed by atoms with Crippen LogP contribution in [0.1, 0.15) is 18.1 Å². The molecule has 0 heterocycles. The van der Waals surface area contributed by atoms with Gasteiger partial charge in [-0.1, -0.05) is 37.3 Å². The van der Waals surface area contributed by atoms with Gasteiger partial charge in [-0.05, 0) is 48.1 Å². The first kappa shape index (κ1) is 16.1. The van der Waals surface area contributed by atoms with Gasteiger partial charge in [-0.3, -0.25) is 0 Å². The number of nitrogens with zero attached hydrogens (tertiary/aromatic N) is 2. The van der Waals surface area contributed by atoms with Crippen molar-refractivity contribution in [2.75, 3.05) is 5.23 Å². The lowest BCUT2D eigenvalue weighted by atomic mass is 9.96. The molecule has 4 nitrogen and oxygen atoms in total. The molecule has 0 saturated heterocycles. The molecule has 5 heteroatoms. The predicted molar refractivity (Wildman–Crippen MR) is 99.7 cm³/mol. The van der Waals surface area contributed by atoms with Gasteiger partial charge in [0, 0.05) is 5.69 Å². The van der Waals surface area contributed by atoms with E-state index in [1.165, 1.54) is 0 Å². The van der Waals surface area contributed by atoms with Crippen LogP contribution in [-0.2, 0) is 6.42 Å². The van der Waals surface area contributed by atoms with Gasteiger partial charge in [0.2, 0.25) is 7.98 Å². The summed E-state index contributed by atoms with van der Waals surface area (Å²) in [7, 11) is 5.63. The number of rotatable bonds is 4. The third-order valence-corrected chi connectivity index (χ3v) is 4.11. The highest BCUT2D eigenvalue weighted by Gasteiger charge is 2.15. The summed E-state index contributed by atoms with van der Waals surface area (Å²) in [6.45, 7) is 4.02. The molecule has 0 aliphatic rings. The number of fused-ring (bicyclic) bond motifs is 1. The molecule has 118 valence electrons. The number of aryl methyl sites for hydroxylation is 1. The number of hydrogen-bond donors (Lipinski definition) is 2. The number of anilines is 1. The Morgan fingerprint density at radius 3 is 2.50 bits per heavy atom. The molecule has 0 unspecified atom stereocenters. The minimum atomic E-state index is 0.242. The van der Waals surface area contributed by atoms with Crippen LogP contribution in [0.5, 0.6) is 5.75 Å². The second-order valence-electron chi connectivity index (χ2n) is 5.61. The SMILES string of the molecule is [B]Nc1ccc2cc(C)c(CC)c(O)c2c1N=Nc1ccccc1. The van der Waals surface area contributed by atoms with Crippen LogP contribution in [0.4, 0.5) is 17.1 Å². The average molecular weight is 315 g/mol. The van der Waals surface area contributed by atoms with Gasteiger partial charge in [0.25, 0.3) is 0 Å². The van der Waals surface area contributed by atoms with E-state index in [1.54, 1.807) is 0 Å². The molecule has 3 aromatic rings. The Morgan fingerprint density at radius 2 is 1.83 bits per heavy atom. The van der Waals surface area contributed by atoms with Crippen molar-refractivity contribution in [3.8, 4) is 5.75 Å². The normalized spacial score (nSPS) is 11.2. The quantitative estimate of drug-likeness (QED) is 0.505. The first-order valence-electron chi connectivity index (χ1n) is 7.87. The largest absolute Gasteiger partial charge is 0.507 e. The Bertz CT molecular complexity index is 908. The van der Waals surface area contributed by atoms with E-state index in [0.29, 0.717) is 16.8 Å². The molecule has 24 heavy (non-hydrogen) atoms. The van der Waals surface area contributed by atoms with E-state index in [4.69, 9.17) is 7.98 Å². The maximum Gasteiger partial charge on any atom is 0.222 e. The standard InChI is InChI=1S/C19H18BN3O/c1-3-15-12(2)11-13-9-10-16(21-20)18(17(13)19(15)24)23-22-14-7-5-4-6-8-14/h4-11,21,24H,3H2,1-2H3. The topological polar surface area (TPSA) is 57.0 Å². The second-order valence-corrected chi connectivity index (χ2v) is 5.61. The molecule has 0 aliphatic carbocycles. The molecular weight excluding hydrogens is 297 g/mol. The van der Waals surface area contributed by atoms with Crippen molar-refractivity contribution in [1.82, 2.24) is 0 Å². The summed E-state index contributed by atoms with van der Waals surface area (Å²) in [5, 5.41) is 23.6. The van der Waals surface area contributed by atoms with Crippen molar-refractivity contribution >= 4 is 35.8 Å². The van der Waals surface area contributed by atoms with Crippen molar-refractivity contribution in [3.63, 3.8) is 0 Å². The van der Waals surface area contributed by atoms with Crippen molar-refractivity contribution in [3.05, 3.63) is 59.7 Å². The van der Waals surface area contributed by atoms with E-state index in [2.05, 4.69) is 21.5 Å². The molecule has 0 bridgehead atoms. The number of phenolic OH excluding ortho intramolecular Hbond substituents is 1. The zero-order valence-electron chi connectivity index (χ0n) is 13.7. The summed E-state index contributed by atoms with van der Waals surface area (Å²) in [5.74, 6) is 0.242. The van der Waals surface area contributed by atoms with Gasteiger partial charge in [-0.2, -0.15) is 5.11 Å². The third-order valence-electron chi connectivity index (χ3n) is 4.11. The van der Waals surface area contributed by atoms with Gasteiger partial charge < -0.3 is 10.3 Å². The minimum Gasteiger partial charge on any atom is -0.507 e. The molecule has 2 radical (unpaired) electrons. The van der Waals surface area contributed by atoms with Gasteiger partial charge in [-0.15, -0.1) is 5.11 Å². The predicted octanol–water partition coefficient (Wildman–Crippen LogP) is 5.33. The summed E-state index contributed by atoms with van der Waals surface area (Å²) in [6.07, 6.45) is 0.739. The molecular formula is C19H18BN3O. The molecule has 0 saturated carbocycles. The van der Waals surface area contributed by atoms with E-state index >= 15 is 0 Å². The maximum atomic E-state index is 10.8. The van der Waals surface area contributed by atoms with Gasteiger partial charge >= 0.3 is 0 Å². The zero-order chi connectivity index (χ0) is 17.1. The van der Waals surface area contributed by atoms with Crippen molar-refractivity contribution in [2.24, 2.45) is 10.2 Å². The lowest BCUT2D eigenvalue weighted by molar-refractivity contribution is 0.475. The fourth-order valence-electron chi connectivity index (χ4n) is 2.90. The molecule has 3 aromatic carbocycles. The Morgan fingerprint density at radius 1 is 1.08 bits per heavy atom. The van der Waals surface area contributed by atoms with Gasteiger partial charge in [0.1, 0.15) is 11.4 Å². The molecule has 3 rings (SSSR count). The highest BCUT2D eigenvalue weighted by molar-refractivity contribution is 6.18. The molecule has 2 N–H and O–H groups in total. The van der Waals surface area contributed by atoms with Crippen LogP contribution >= 0.6 is 0 Å². The molecule has 0 atom stereocenters. The van der Waals surface area contributed by atoms with E-state index in [1.807, 2.05) is 56.3 Å².